The zero-order valence-corrected chi connectivity index (χ0v) is 31.7. The van der Waals surface area contributed by atoms with E-state index in [0.717, 1.165) is 74.6 Å². The Kier molecular flexibility index (Phi) is 12.7. The molecule has 0 spiro atoms. The lowest BCUT2D eigenvalue weighted by molar-refractivity contribution is -0.135. The highest BCUT2D eigenvalue weighted by Crippen LogP contribution is 2.31. The van der Waals surface area contributed by atoms with Crippen LogP contribution in [0.25, 0.3) is 49.7 Å². The van der Waals surface area contributed by atoms with Crippen LogP contribution in [0.2, 0.25) is 0 Å². The van der Waals surface area contributed by atoms with Gasteiger partial charge in [0.15, 0.2) is 0 Å². The molecule has 3 heterocycles. The number of fused-ring (bicyclic) bond motifs is 4. The van der Waals surface area contributed by atoms with E-state index < -0.39 is 27.5 Å². The van der Waals surface area contributed by atoms with E-state index in [1.54, 1.807) is 34.5 Å². The fourth-order valence-corrected chi connectivity index (χ4v) is 5.93. The number of para-hydroxylation sites is 1. The molecule has 0 aliphatic rings. The van der Waals surface area contributed by atoms with Crippen molar-refractivity contribution >= 4 is 54.9 Å². The lowest BCUT2D eigenvalue weighted by atomic mass is 9.86. The molecule has 0 saturated heterocycles. The highest BCUT2D eigenvalue weighted by Gasteiger charge is 2.21. The van der Waals surface area contributed by atoms with Crippen LogP contribution in [0, 0.1) is 18.3 Å². The van der Waals surface area contributed by atoms with Gasteiger partial charge in [0.05, 0.1) is 50.3 Å². The van der Waals surface area contributed by atoms with E-state index in [0.29, 0.717) is 0 Å². The first kappa shape index (κ1) is 41.1. The van der Waals surface area contributed by atoms with Gasteiger partial charge in [0, 0.05) is 43.4 Å². The van der Waals surface area contributed by atoms with Crippen LogP contribution >= 0.6 is 0 Å². The van der Waals surface area contributed by atoms with Crippen LogP contribution in [0.1, 0.15) is 38.8 Å². The van der Waals surface area contributed by atoms with E-state index >= 15 is 0 Å². The molecule has 55 heavy (non-hydrogen) atoms. The summed E-state index contributed by atoms with van der Waals surface area (Å²) in [6, 6.07) is 32.2. The molecular formula is C41H39N5O8S. The summed E-state index contributed by atoms with van der Waals surface area (Å²) < 4.78 is 32.9. The molecule has 282 valence electrons. The Morgan fingerprint density at radius 2 is 1.38 bits per heavy atom. The second kappa shape index (κ2) is 17.0. The van der Waals surface area contributed by atoms with E-state index in [-0.39, 0.29) is 10.6 Å². The maximum atomic E-state index is 13.4. The summed E-state index contributed by atoms with van der Waals surface area (Å²) in [5.74, 6) is -1.67. The molecule has 0 aliphatic heterocycles. The Balaban J connectivity index is 0.000000293. The van der Waals surface area contributed by atoms with E-state index in [1.807, 2.05) is 81.6 Å². The summed E-state index contributed by atoms with van der Waals surface area (Å²) in [6.45, 7) is 7.77. The quantitative estimate of drug-likeness (QED) is 0.152. The molecule has 0 aliphatic carbocycles. The molecule has 0 amide bonds. The number of imidazole rings is 1. The molecule has 0 unspecified atom stereocenters. The number of carbonyl (C=O) groups is 2. The zero-order valence-electron chi connectivity index (χ0n) is 30.9. The fraction of sp³-hybridized carbons (Fsp3) is 0.171. The van der Waals surface area contributed by atoms with Crippen molar-refractivity contribution in [3.8, 4) is 22.9 Å². The Morgan fingerprint density at radius 3 is 1.96 bits per heavy atom. The molecule has 7 rings (SSSR count). The molecule has 13 nitrogen and oxygen atoms in total. The van der Waals surface area contributed by atoms with Crippen molar-refractivity contribution in [2.45, 2.75) is 44.9 Å². The maximum Gasteiger partial charge on any atom is 0.333 e. The van der Waals surface area contributed by atoms with Gasteiger partial charge in [-0.1, -0.05) is 54.1 Å². The first-order valence-corrected chi connectivity index (χ1v) is 18.1. The van der Waals surface area contributed by atoms with Gasteiger partial charge in [-0.3, -0.25) is 33.2 Å². The van der Waals surface area contributed by atoms with Gasteiger partial charge in [0.2, 0.25) is 0 Å². The van der Waals surface area contributed by atoms with Crippen molar-refractivity contribution in [1.29, 1.82) is 5.26 Å². The van der Waals surface area contributed by atoms with Gasteiger partial charge in [-0.25, -0.2) is 4.79 Å². The predicted molar refractivity (Wildman–Crippen MR) is 211 cm³/mol. The van der Waals surface area contributed by atoms with E-state index in [2.05, 4.69) is 34.2 Å². The highest BCUT2D eigenvalue weighted by molar-refractivity contribution is 7.85. The maximum absolute atomic E-state index is 13.4. The van der Waals surface area contributed by atoms with Gasteiger partial charge < -0.3 is 10.2 Å². The molecule has 0 bridgehead atoms. The SMILES string of the molecule is CC(=O)O.CC(=O)O.Cc1ccc(S(=O)(=O)O)cc1.Cn1c(=O)n(-c2ccc(C(C)(C)C#N)cc2)c2c3cc(-c4cnc5ccccc5c4)ccc3ncc21. The minimum Gasteiger partial charge on any atom is -0.481 e. The third-order valence-corrected chi connectivity index (χ3v) is 9.12. The van der Waals surface area contributed by atoms with E-state index in [1.165, 1.54) is 12.1 Å². The van der Waals surface area contributed by atoms with Crippen molar-refractivity contribution in [2.24, 2.45) is 7.05 Å². The van der Waals surface area contributed by atoms with Crippen LogP contribution in [0.4, 0.5) is 0 Å². The predicted octanol–water partition coefficient (Wildman–Crippen LogP) is 7.32. The molecular weight excluding hydrogens is 723 g/mol. The summed E-state index contributed by atoms with van der Waals surface area (Å²) in [5, 5.41) is 26.3. The number of aromatic nitrogens is 4. The van der Waals surface area contributed by atoms with Crippen LogP contribution in [0.15, 0.2) is 119 Å². The Hall–Kier alpha value is -6.69. The lowest BCUT2D eigenvalue weighted by Gasteiger charge is -2.16. The van der Waals surface area contributed by atoms with Gasteiger partial charge in [-0.05, 0) is 80.4 Å². The summed E-state index contributed by atoms with van der Waals surface area (Å²) >= 11 is 0. The minimum absolute atomic E-state index is 0.0666. The second-order valence-corrected chi connectivity index (χ2v) is 14.3. The highest BCUT2D eigenvalue weighted by atomic mass is 32.2. The number of carboxylic acids is 2. The molecule has 0 radical (unpaired) electrons. The normalized spacial score (nSPS) is 10.9. The van der Waals surface area contributed by atoms with Gasteiger partial charge in [0.25, 0.3) is 22.1 Å². The first-order valence-electron chi connectivity index (χ1n) is 16.6. The van der Waals surface area contributed by atoms with Crippen molar-refractivity contribution in [2.75, 3.05) is 0 Å². The average molecular weight is 762 g/mol. The summed E-state index contributed by atoms with van der Waals surface area (Å²) in [4.78, 5) is 40.6. The number of benzene rings is 4. The second-order valence-electron chi connectivity index (χ2n) is 12.9. The van der Waals surface area contributed by atoms with Gasteiger partial charge in [0.1, 0.15) is 0 Å². The fourth-order valence-electron chi connectivity index (χ4n) is 5.45. The van der Waals surface area contributed by atoms with Crippen molar-refractivity contribution in [1.82, 2.24) is 19.1 Å². The average Bonchev–Trinajstić information content (AvgIpc) is 3.40. The molecule has 4 aromatic carbocycles. The minimum atomic E-state index is -4.02. The number of hydrogen-bond acceptors (Lipinski definition) is 8. The number of nitrogens with zero attached hydrogens (tertiary/aromatic N) is 5. The van der Waals surface area contributed by atoms with E-state index in [9.17, 15) is 18.5 Å². The molecule has 0 fully saturated rings. The summed E-state index contributed by atoms with van der Waals surface area (Å²) in [6.07, 6.45) is 3.63. The molecule has 14 heteroatoms. The number of hydrogen-bond donors (Lipinski definition) is 3. The first-order chi connectivity index (χ1) is 25.8. The molecule has 3 N–H and O–H groups in total. The van der Waals surface area contributed by atoms with Crippen LogP contribution in [-0.4, -0.2) is 54.2 Å². The van der Waals surface area contributed by atoms with Crippen molar-refractivity contribution in [3.05, 3.63) is 131 Å². The number of pyridine rings is 2. The third-order valence-electron chi connectivity index (χ3n) is 8.25. The van der Waals surface area contributed by atoms with Crippen LogP contribution in [0.5, 0.6) is 0 Å². The molecule has 0 atom stereocenters. The molecule has 7 aromatic rings. The molecule has 3 aromatic heterocycles. The van der Waals surface area contributed by atoms with Crippen LogP contribution < -0.4 is 5.69 Å². The third kappa shape index (κ3) is 10.0. The Morgan fingerprint density at radius 1 is 0.800 bits per heavy atom. The molecule has 0 saturated carbocycles. The van der Waals surface area contributed by atoms with Gasteiger partial charge in [-0.15, -0.1) is 0 Å². The van der Waals surface area contributed by atoms with Crippen LogP contribution in [0.3, 0.4) is 0 Å². The standard InChI is InChI=1S/C30H23N5O.C7H8O3S.2C2H4O2/c1-30(2,18-31)22-9-11-23(12-10-22)35-28-24-15-19(21-14-20-6-4-5-7-25(20)32-16-21)8-13-26(24)33-17-27(28)34(3)29(35)36;1-6-2-4-7(5-3-6)11(8,9)10;2*1-2(3)4/h4-17H,1-3H3;2-5H,1H3,(H,8,9,10);2*1H3,(H,3,4). The van der Waals surface area contributed by atoms with Gasteiger partial charge in [-0.2, -0.15) is 13.7 Å². The number of nitriles is 1. The Bertz CT molecular complexity index is 2710. The number of aryl methyl sites for hydroxylation is 2. The Labute approximate surface area is 317 Å². The largest absolute Gasteiger partial charge is 0.481 e. The number of rotatable bonds is 4. The summed E-state index contributed by atoms with van der Waals surface area (Å²) in [5.41, 5.74) is 7.16. The number of aliphatic carboxylic acids is 2. The monoisotopic (exact) mass is 761 g/mol. The van der Waals surface area contributed by atoms with Crippen molar-refractivity contribution < 1.29 is 32.8 Å². The van der Waals surface area contributed by atoms with Gasteiger partial charge >= 0.3 is 5.69 Å². The van der Waals surface area contributed by atoms with Crippen molar-refractivity contribution in [3.63, 3.8) is 0 Å². The smallest absolute Gasteiger partial charge is 0.333 e. The summed E-state index contributed by atoms with van der Waals surface area (Å²) in [7, 11) is -2.26. The number of carboxylic acid groups (broad SMARTS) is 2. The topological polar surface area (TPSA) is 205 Å². The lowest BCUT2D eigenvalue weighted by Crippen LogP contribution is -2.21. The zero-order chi connectivity index (χ0) is 40.7. The van der Waals surface area contributed by atoms with Crippen LogP contribution in [-0.2, 0) is 32.2 Å². The van der Waals surface area contributed by atoms with E-state index in [4.69, 9.17) is 24.4 Å².